The summed E-state index contributed by atoms with van der Waals surface area (Å²) in [6.07, 6.45) is 9.41. The highest BCUT2D eigenvalue weighted by molar-refractivity contribution is 5.79. The van der Waals surface area contributed by atoms with Crippen LogP contribution in [-0.2, 0) is 4.79 Å². The van der Waals surface area contributed by atoms with E-state index >= 15 is 0 Å². The first-order valence-electron chi connectivity index (χ1n) is 8.52. The number of likely N-dealkylation sites (tertiary alicyclic amines) is 2. The summed E-state index contributed by atoms with van der Waals surface area (Å²) in [5, 5.41) is 0. The molecule has 1 amide bonds. The molecular weight excluding hydrogens is 250 g/mol. The number of carbonyl (C=O) groups excluding carboxylic acids is 1. The van der Waals surface area contributed by atoms with Crippen molar-refractivity contribution in [1.82, 2.24) is 9.80 Å². The van der Waals surface area contributed by atoms with Crippen molar-refractivity contribution in [2.24, 2.45) is 11.7 Å². The summed E-state index contributed by atoms with van der Waals surface area (Å²) in [5.74, 6) is 0.596. The summed E-state index contributed by atoms with van der Waals surface area (Å²) in [5.41, 5.74) is 6.03. The number of hydrogen-bond donors (Lipinski definition) is 1. The molecule has 20 heavy (non-hydrogen) atoms. The molecule has 4 heteroatoms. The number of nitrogens with zero attached hydrogens (tertiary/aromatic N) is 2. The van der Waals surface area contributed by atoms with Gasteiger partial charge in [0.2, 0.25) is 5.91 Å². The zero-order valence-corrected chi connectivity index (χ0v) is 12.6. The second-order valence-electron chi connectivity index (χ2n) is 6.95. The van der Waals surface area contributed by atoms with Crippen molar-refractivity contribution in [3.05, 3.63) is 0 Å². The summed E-state index contributed by atoms with van der Waals surface area (Å²) in [6, 6.07) is 0.870. The van der Waals surface area contributed by atoms with E-state index in [-0.39, 0.29) is 12.0 Å². The van der Waals surface area contributed by atoms with E-state index in [0.29, 0.717) is 11.9 Å². The van der Waals surface area contributed by atoms with E-state index in [1.807, 2.05) is 0 Å². The molecule has 2 N–H and O–H groups in total. The molecule has 3 atom stereocenters. The standard InChI is InChI=1S/C16H29N3O/c17-14-6-4-5-13(11-14)16(20)19-10-7-15(12-19)18-8-2-1-3-9-18/h13-15H,1-12,17H2. The zero-order valence-electron chi connectivity index (χ0n) is 12.6. The number of rotatable bonds is 2. The third-order valence-electron chi connectivity index (χ3n) is 5.45. The van der Waals surface area contributed by atoms with E-state index in [4.69, 9.17) is 5.73 Å². The van der Waals surface area contributed by atoms with Crippen LogP contribution >= 0.6 is 0 Å². The van der Waals surface area contributed by atoms with Crippen LogP contribution in [0.15, 0.2) is 0 Å². The first kappa shape index (κ1) is 14.3. The minimum atomic E-state index is 0.207. The second kappa shape index (κ2) is 6.44. The van der Waals surface area contributed by atoms with E-state index in [0.717, 1.165) is 38.8 Å². The lowest BCUT2D eigenvalue weighted by Gasteiger charge is -2.33. The molecule has 3 unspecified atom stereocenters. The Morgan fingerprint density at radius 3 is 2.50 bits per heavy atom. The maximum Gasteiger partial charge on any atom is 0.225 e. The van der Waals surface area contributed by atoms with E-state index in [2.05, 4.69) is 9.80 Å². The first-order valence-corrected chi connectivity index (χ1v) is 8.52. The maximum atomic E-state index is 12.6. The highest BCUT2D eigenvalue weighted by atomic mass is 16.2. The van der Waals surface area contributed by atoms with Crippen molar-refractivity contribution in [3.63, 3.8) is 0 Å². The fourth-order valence-corrected chi connectivity index (χ4v) is 4.23. The van der Waals surface area contributed by atoms with Crippen LogP contribution in [0.25, 0.3) is 0 Å². The normalized spacial score (nSPS) is 36.2. The van der Waals surface area contributed by atoms with Crippen molar-refractivity contribution < 1.29 is 4.79 Å². The molecule has 4 nitrogen and oxygen atoms in total. The molecule has 3 aliphatic rings. The van der Waals surface area contributed by atoms with Crippen LogP contribution in [0.5, 0.6) is 0 Å². The van der Waals surface area contributed by atoms with Crippen LogP contribution in [0.2, 0.25) is 0 Å². The zero-order chi connectivity index (χ0) is 13.9. The molecule has 0 aromatic heterocycles. The maximum absolute atomic E-state index is 12.6. The van der Waals surface area contributed by atoms with Crippen LogP contribution in [0.3, 0.4) is 0 Å². The third-order valence-corrected chi connectivity index (χ3v) is 5.45. The Morgan fingerprint density at radius 2 is 1.75 bits per heavy atom. The lowest BCUT2D eigenvalue weighted by atomic mass is 9.85. The predicted octanol–water partition coefficient (Wildman–Crippen LogP) is 1.59. The number of amides is 1. The van der Waals surface area contributed by atoms with Gasteiger partial charge in [-0.3, -0.25) is 9.69 Å². The van der Waals surface area contributed by atoms with Crippen LogP contribution < -0.4 is 5.73 Å². The van der Waals surface area contributed by atoms with Gasteiger partial charge in [0.1, 0.15) is 0 Å². The summed E-state index contributed by atoms with van der Waals surface area (Å²) in [4.78, 5) is 17.4. The van der Waals surface area contributed by atoms with Gasteiger partial charge in [-0.25, -0.2) is 0 Å². The molecule has 2 saturated heterocycles. The van der Waals surface area contributed by atoms with E-state index < -0.39 is 0 Å². The molecule has 2 heterocycles. The van der Waals surface area contributed by atoms with Crippen LogP contribution in [0.4, 0.5) is 0 Å². The lowest BCUT2D eigenvalue weighted by Crippen LogP contribution is -2.43. The van der Waals surface area contributed by atoms with Crippen LogP contribution in [0.1, 0.15) is 51.4 Å². The van der Waals surface area contributed by atoms with Gasteiger partial charge >= 0.3 is 0 Å². The molecule has 0 aromatic rings. The second-order valence-corrected chi connectivity index (χ2v) is 6.95. The molecule has 0 spiro atoms. The Bertz CT molecular complexity index is 341. The topological polar surface area (TPSA) is 49.6 Å². The third kappa shape index (κ3) is 3.17. The molecule has 0 bridgehead atoms. The van der Waals surface area contributed by atoms with E-state index in [1.165, 1.54) is 38.8 Å². The highest BCUT2D eigenvalue weighted by Gasteiger charge is 2.35. The van der Waals surface area contributed by atoms with Crippen molar-refractivity contribution in [3.8, 4) is 0 Å². The molecular formula is C16H29N3O. The summed E-state index contributed by atoms with van der Waals surface area (Å²) < 4.78 is 0. The quantitative estimate of drug-likeness (QED) is 0.835. The van der Waals surface area contributed by atoms with Gasteiger partial charge in [-0.05, 0) is 51.6 Å². The molecule has 3 rings (SSSR count). The summed E-state index contributed by atoms with van der Waals surface area (Å²) in [6.45, 7) is 4.40. The molecule has 0 radical (unpaired) electrons. The minimum absolute atomic E-state index is 0.207. The lowest BCUT2D eigenvalue weighted by molar-refractivity contribution is -0.135. The van der Waals surface area contributed by atoms with Gasteiger partial charge in [0, 0.05) is 31.1 Å². The van der Waals surface area contributed by atoms with Crippen molar-refractivity contribution in [1.29, 1.82) is 0 Å². The Labute approximate surface area is 122 Å². The summed E-state index contributed by atoms with van der Waals surface area (Å²) >= 11 is 0. The molecule has 1 aliphatic carbocycles. The monoisotopic (exact) mass is 279 g/mol. The van der Waals surface area contributed by atoms with Gasteiger partial charge in [0.25, 0.3) is 0 Å². The van der Waals surface area contributed by atoms with E-state index in [9.17, 15) is 4.79 Å². The average Bonchev–Trinajstić information content (AvgIpc) is 2.97. The van der Waals surface area contributed by atoms with Crippen molar-refractivity contribution >= 4 is 5.91 Å². The number of nitrogens with two attached hydrogens (primary N) is 1. The Balaban J connectivity index is 1.52. The average molecular weight is 279 g/mol. The van der Waals surface area contributed by atoms with Gasteiger partial charge in [0.05, 0.1) is 0 Å². The minimum Gasteiger partial charge on any atom is -0.341 e. The molecule has 2 aliphatic heterocycles. The Morgan fingerprint density at radius 1 is 0.950 bits per heavy atom. The molecule has 114 valence electrons. The number of carbonyl (C=O) groups is 1. The fraction of sp³-hybridized carbons (Fsp3) is 0.938. The largest absolute Gasteiger partial charge is 0.341 e. The van der Waals surface area contributed by atoms with Gasteiger partial charge in [0.15, 0.2) is 0 Å². The van der Waals surface area contributed by atoms with Gasteiger partial charge in [-0.1, -0.05) is 12.8 Å². The van der Waals surface area contributed by atoms with Crippen molar-refractivity contribution in [2.45, 2.75) is 63.5 Å². The summed E-state index contributed by atoms with van der Waals surface area (Å²) in [7, 11) is 0. The highest BCUT2D eigenvalue weighted by Crippen LogP contribution is 2.27. The Hall–Kier alpha value is -0.610. The smallest absolute Gasteiger partial charge is 0.225 e. The fourth-order valence-electron chi connectivity index (χ4n) is 4.23. The van der Waals surface area contributed by atoms with Crippen molar-refractivity contribution in [2.75, 3.05) is 26.2 Å². The molecule has 0 aromatic carbocycles. The first-order chi connectivity index (χ1) is 9.74. The van der Waals surface area contributed by atoms with Gasteiger partial charge < -0.3 is 10.6 Å². The number of hydrogen-bond acceptors (Lipinski definition) is 3. The van der Waals surface area contributed by atoms with Crippen LogP contribution in [0, 0.1) is 5.92 Å². The number of piperidine rings is 1. The van der Waals surface area contributed by atoms with Gasteiger partial charge in [-0.15, -0.1) is 0 Å². The van der Waals surface area contributed by atoms with Gasteiger partial charge in [-0.2, -0.15) is 0 Å². The molecule has 1 saturated carbocycles. The van der Waals surface area contributed by atoms with Crippen LogP contribution in [-0.4, -0.2) is 54.0 Å². The predicted molar refractivity (Wildman–Crippen MR) is 80.3 cm³/mol. The van der Waals surface area contributed by atoms with E-state index in [1.54, 1.807) is 0 Å². The SMILES string of the molecule is NC1CCCC(C(=O)N2CCC(N3CCCCC3)C2)C1. The Kier molecular flexibility index (Phi) is 4.61. The molecule has 3 fully saturated rings.